The van der Waals surface area contributed by atoms with Crippen LogP contribution >= 0.6 is 23.5 Å². The molecule has 0 aliphatic carbocycles. The van der Waals surface area contributed by atoms with E-state index in [0.29, 0.717) is 4.68 Å². The van der Waals surface area contributed by atoms with E-state index >= 15 is 0 Å². The summed E-state index contributed by atoms with van der Waals surface area (Å²) in [7, 11) is -16.8. The van der Waals surface area contributed by atoms with Crippen LogP contribution in [0, 0.1) is 17.8 Å². The van der Waals surface area contributed by atoms with Gasteiger partial charge in [0.2, 0.25) is 0 Å². The van der Waals surface area contributed by atoms with Gasteiger partial charge in [0.25, 0.3) is 0 Å². The Morgan fingerprint density at radius 3 is 2.39 bits per heavy atom. The van der Waals surface area contributed by atoms with Crippen molar-refractivity contribution in [3.8, 4) is 11.8 Å². The van der Waals surface area contributed by atoms with Crippen LogP contribution in [-0.4, -0.2) is 64.3 Å². The number of hydrogen-bond donors (Lipinski definition) is 7. The monoisotopic (exact) mass is 535 g/mol. The number of phosphoric acid groups is 3. The van der Waals surface area contributed by atoms with E-state index in [1.807, 2.05) is 0 Å². The van der Waals surface area contributed by atoms with Gasteiger partial charge in [-0.3, -0.25) is 4.52 Å². The van der Waals surface area contributed by atoms with Gasteiger partial charge < -0.3 is 40.9 Å². The molecule has 18 nitrogen and oxygen atoms in total. The third-order valence-corrected chi connectivity index (χ3v) is 7.89. The van der Waals surface area contributed by atoms with Gasteiger partial charge in [-0.05, 0) is 6.92 Å². The van der Waals surface area contributed by atoms with Crippen LogP contribution in [0.3, 0.4) is 0 Å². The largest absolute Gasteiger partial charge is 0.490 e. The lowest BCUT2D eigenvalue weighted by molar-refractivity contribution is -0.0463. The van der Waals surface area contributed by atoms with Crippen molar-refractivity contribution in [1.82, 2.24) is 14.8 Å². The Bertz CT molecular complexity index is 1140. The highest BCUT2D eigenvalue weighted by Gasteiger charge is 2.56. The number of rotatable bonds is 9. The number of aliphatic hydroxyl groups excluding tert-OH is 1. The molecular formula is C12H20N5O13P3. The molecular weight excluding hydrogens is 515 g/mol. The van der Waals surface area contributed by atoms with E-state index in [-0.39, 0.29) is 5.82 Å². The maximum Gasteiger partial charge on any atom is 0.490 e. The maximum absolute atomic E-state index is 12.2. The predicted molar refractivity (Wildman–Crippen MR) is 105 cm³/mol. The van der Waals surface area contributed by atoms with Gasteiger partial charge in [-0.2, -0.15) is 23.4 Å². The molecule has 1 aromatic heterocycles. The molecule has 1 fully saturated rings. The summed E-state index contributed by atoms with van der Waals surface area (Å²) in [6.07, 6.45) is -1.85. The van der Waals surface area contributed by atoms with Crippen molar-refractivity contribution in [2.45, 2.75) is 24.8 Å². The highest BCUT2D eigenvalue weighted by molar-refractivity contribution is 7.66. The molecule has 1 aliphatic heterocycles. The van der Waals surface area contributed by atoms with Crippen molar-refractivity contribution in [2.75, 3.05) is 18.9 Å². The Hall–Kier alpha value is -1.54. The second kappa shape index (κ2) is 9.98. The van der Waals surface area contributed by atoms with Crippen LogP contribution < -0.4 is 17.2 Å². The van der Waals surface area contributed by atoms with E-state index < -0.39 is 66.2 Å². The number of anilines is 1. The summed E-state index contributed by atoms with van der Waals surface area (Å²) in [6, 6.07) is 0. The van der Waals surface area contributed by atoms with Gasteiger partial charge in [0.15, 0.2) is 6.23 Å². The molecule has 0 aromatic carbocycles. The molecule has 0 radical (unpaired) electrons. The lowest BCUT2D eigenvalue weighted by Crippen LogP contribution is -2.53. The normalized spacial score (nSPS) is 29.0. The van der Waals surface area contributed by atoms with E-state index in [0.717, 1.165) is 6.20 Å². The molecule has 0 bridgehead atoms. The molecule has 2 rings (SSSR count). The zero-order chi connectivity index (χ0) is 25.2. The topological polar surface area (TPSA) is 289 Å². The predicted octanol–water partition coefficient (Wildman–Crippen LogP) is -2.21. The van der Waals surface area contributed by atoms with Crippen LogP contribution in [0.2, 0.25) is 0 Å². The molecule has 186 valence electrons. The summed E-state index contributed by atoms with van der Waals surface area (Å²) >= 11 is 0. The molecule has 0 saturated carbocycles. The fraction of sp³-hybridized carbons (Fsp3) is 0.583. The summed E-state index contributed by atoms with van der Waals surface area (Å²) in [5.41, 5.74) is 8.89. The van der Waals surface area contributed by atoms with Gasteiger partial charge in [0, 0.05) is 5.92 Å². The number of nitrogens with zero attached hydrogens (tertiary/aromatic N) is 3. The number of nitrogen functional groups attached to an aromatic ring is 1. The second-order valence-electron chi connectivity index (χ2n) is 6.42. The second-order valence-corrected chi connectivity index (χ2v) is 10.8. The molecule has 1 aliphatic rings. The third kappa shape index (κ3) is 6.98. The Morgan fingerprint density at radius 1 is 1.24 bits per heavy atom. The zero-order valence-corrected chi connectivity index (χ0v) is 19.2. The number of nitrogens with two attached hydrogens (primary N) is 2. The highest BCUT2D eigenvalue weighted by atomic mass is 31.3. The van der Waals surface area contributed by atoms with Gasteiger partial charge in [0.1, 0.15) is 11.4 Å². The van der Waals surface area contributed by atoms with Crippen LogP contribution in [0.15, 0.2) is 11.0 Å². The Kier molecular flexibility index (Phi) is 8.38. The average molecular weight is 535 g/mol. The van der Waals surface area contributed by atoms with E-state index in [1.165, 1.54) is 6.92 Å². The van der Waals surface area contributed by atoms with Crippen LogP contribution in [0.1, 0.15) is 13.2 Å². The van der Waals surface area contributed by atoms with E-state index in [9.17, 15) is 33.4 Å². The Labute approximate surface area is 184 Å². The summed E-state index contributed by atoms with van der Waals surface area (Å²) in [6.45, 7) is -0.271. The summed E-state index contributed by atoms with van der Waals surface area (Å²) < 4.78 is 52.1. The van der Waals surface area contributed by atoms with Crippen LogP contribution in [0.5, 0.6) is 0 Å². The number of phosphoric ester groups is 1. The van der Waals surface area contributed by atoms with Crippen molar-refractivity contribution in [1.29, 1.82) is 0 Å². The molecule has 1 aromatic rings. The minimum absolute atomic E-state index is 0.207. The Balaban J connectivity index is 2.28. The van der Waals surface area contributed by atoms with Gasteiger partial charge in [-0.15, -0.1) is 5.92 Å². The Morgan fingerprint density at radius 2 is 1.88 bits per heavy atom. The van der Waals surface area contributed by atoms with Crippen LogP contribution in [0.25, 0.3) is 0 Å². The van der Waals surface area contributed by atoms with Gasteiger partial charge >= 0.3 is 29.2 Å². The first-order valence-electron chi connectivity index (χ1n) is 8.52. The third-order valence-electron chi connectivity index (χ3n) is 4.09. The quantitative estimate of drug-likeness (QED) is 0.130. The lowest BCUT2D eigenvalue weighted by atomic mass is 9.83. The molecule has 4 unspecified atom stereocenters. The number of hydrogen-bond acceptors (Lipinski definition) is 13. The standard InChI is InChI=1S/C12H20N5O13P3/c1-2-3-12(14)7(5-18)8(28-10(12)17-11(19)16-9(13)4-15-17)6-27-32(23,24)30-33(25,26)29-31(20,21)22/h4,7-8,10,18H,5-6,14H2,1H3,(H,23,24)(H,25,26)(H2,13,16,19)(H2,20,21,22)/t7?,8-,10-,12?/m1/s1. The summed E-state index contributed by atoms with van der Waals surface area (Å²) in [4.78, 5) is 51.6. The van der Waals surface area contributed by atoms with Gasteiger partial charge in [0.05, 0.1) is 25.5 Å². The maximum atomic E-state index is 12.2. The van der Waals surface area contributed by atoms with Crippen LogP contribution in [0.4, 0.5) is 5.82 Å². The molecule has 0 amide bonds. The fourth-order valence-electron chi connectivity index (χ4n) is 2.91. The zero-order valence-electron chi connectivity index (χ0n) is 16.6. The summed E-state index contributed by atoms with van der Waals surface area (Å²) in [5.74, 6) is 3.70. The minimum Gasteiger partial charge on any atom is -0.396 e. The SMILES string of the molecule is CC#CC1(N)C(CO)[C@@H](COP(=O)(O)OP(=O)(O)OP(=O)(O)O)O[C@H]1n1ncc(N)nc1=O. The van der Waals surface area contributed by atoms with E-state index in [1.54, 1.807) is 0 Å². The van der Waals surface area contributed by atoms with Gasteiger partial charge in [-0.1, -0.05) is 5.92 Å². The van der Waals surface area contributed by atoms with Crippen molar-refractivity contribution in [3.05, 3.63) is 16.7 Å². The molecule has 33 heavy (non-hydrogen) atoms. The fourth-order valence-corrected chi connectivity index (χ4v) is 5.94. The van der Waals surface area contributed by atoms with Crippen molar-refractivity contribution < 1.29 is 56.3 Å². The number of ether oxygens (including phenoxy) is 1. The first-order valence-corrected chi connectivity index (χ1v) is 13.0. The lowest BCUT2D eigenvalue weighted by Gasteiger charge is -2.29. The van der Waals surface area contributed by atoms with E-state index in [2.05, 4.69) is 35.1 Å². The molecule has 1 saturated heterocycles. The minimum atomic E-state index is -5.74. The molecule has 21 heteroatoms. The van der Waals surface area contributed by atoms with Crippen molar-refractivity contribution in [3.63, 3.8) is 0 Å². The smallest absolute Gasteiger partial charge is 0.396 e. The molecule has 2 heterocycles. The average Bonchev–Trinajstić information content (AvgIpc) is 2.88. The number of aliphatic hydroxyl groups is 1. The van der Waals surface area contributed by atoms with Crippen LogP contribution in [-0.2, 0) is 31.6 Å². The first kappa shape index (κ1) is 27.7. The molecule has 6 atom stereocenters. The first-order chi connectivity index (χ1) is 15.0. The van der Waals surface area contributed by atoms with E-state index in [4.69, 9.17) is 26.0 Å². The molecule has 9 N–H and O–H groups in total. The van der Waals surface area contributed by atoms with Crippen molar-refractivity contribution in [2.24, 2.45) is 11.7 Å². The number of aromatic nitrogens is 3. The summed E-state index contributed by atoms with van der Waals surface area (Å²) in [5, 5.41) is 13.6. The molecule has 0 spiro atoms. The van der Waals surface area contributed by atoms with Crippen molar-refractivity contribution >= 4 is 29.3 Å². The highest BCUT2D eigenvalue weighted by Crippen LogP contribution is 2.66. The van der Waals surface area contributed by atoms with Gasteiger partial charge in [-0.25, -0.2) is 18.5 Å².